The average Bonchev–Trinajstić information content (AvgIpc) is 2.90. The monoisotopic (exact) mass is 428 g/mol. The quantitative estimate of drug-likeness (QED) is 0.238. The van der Waals surface area contributed by atoms with E-state index in [0.29, 0.717) is 5.56 Å². The molecule has 0 saturated carbocycles. The third-order valence-electron chi connectivity index (χ3n) is 5.60. The van der Waals surface area contributed by atoms with Crippen molar-refractivity contribution in [2.24, 2.45) is 4.99 Å². The maximum Gasteiger partial charge on any atom is 0.163 e. The zero-order valence-electron chi connectivity index (χ0n) is 18.2. The van der Waals surface area contributed by atoms with Crippen molar-refractivity contribution in [2.45, 2.75) is 18.4 Å². The first-order valence-electron chi connectivity index (χ1n) is 11.0. The van der Waals surface area contributed by atoms with Gasteiger partial charge in [0.2, 0.25) is 0 Å². The van der Waals surface area contributed by atoms with E-state index in [-0.39, 0.29) is 18.1 Å². The van der Waals surface area contributed by atoms with Crippen LogP contribution in [-0.4, -0.2) is 17.5 Å². The Morgan fingerprint density at radius 2 is 1.09 bits per heavy atom. The minimum atomic E-state index is -0.726. The first kappa shape index (κ1) is 21.9. The number of nitrogens with zero attached hydrogens (tertiary/aromatic N) is 2. The van der Waals surface area contributed by atoms with E-state index in [0.717, 1.165) is 22.4 Å². The van der Waals surface area contributed by atoms with E-state index in [2.05, 4.69) is 6.07 Å². The lowest BCUT2D eigenvalue weighted by Gasteiger charge is -2.21. The Morgan fingerprint density at radius 1 is 0.667 bits per heavy atom. The van der Waals surface area contributed by atoms with Gasteiger partial charge in [0, 0.05) is 29.0 Å². The molecule has 0 aliphatic rings. The zero-order valence-corrected chi connectivity index (χ0v) is 18.2. The maximum absolute atomic E-state index is 13.1. The van der Waals surface area contributed by atoms with Gasteiger partial charge in [-0.25, -0.2) is 0 Å². The fourth-order valence-corrected chi connectivity index (χ4v) is 3.91. The summed E-state index contributed by atoms with van der Waals surface area (Å²) in [7, 11) is 0. The van der Waals surface area contributed by atoms with Gasteiger partial charge >= 0.3 is 0 Å². The molecule has 0 aliphatic heterocycles. The predicted molar refractivity (Wildman–Crippen MR) is 132 cm³/mol. The first-order valence-corrected chi connectivity index (χ1v) is 11.0. The number of Topliss-reactive ketones (excluding diaryl/α,β-unsaturated/α-hetero) is 1. The van der Waals surface area contributed by atoms with E-state index in [1.165, 1.54) is 0 Å². The topological polar surface area (TPSA) is 53.2 Å². The van der Waals surface area contributed by atoms with Crippen LogP contribution in [0.3, 0.4) is 0 Å². The molecule has 2 atom stereocenters. The number of rotatable bonds is 8. The fraction of sp³-hybridized carbons (Fsp3) is 0.100. The van der Waals surface area contributed by atoms with E-state index in [1.807, 2.05) is 121 Å². The molecule has 4 aromatic rings. The lowest BCUT2D eigenvalue weighted by molar-refractivity contribution is 0.0972. The number of carbonyl (C=O) groups is 1. The summed E-state index contributed by atoms with van der Waals surface area (Å²) in [4.78, 5) is 18.1. The van der Waals surface area contributed by atoms with E-state index in [9.17, 15) is 10.1 Å². The second-order valence-corrected chi connectivity index (χ2v) is 7.79. The number of ketones is 1. The highest BCUT2D eigenvalue weighted by molar-refractivity contribution is 6.13. The van der Waals surface area contributed by atoms with Gasteiger partial charge in [-0.3, -0.25) is 9.79 Å². The smallest absolute Gasteiger partial charge is 0.163 e. The Morgan fingerprint density at radius 3 is 1.55 bits per heavy atom. The Labute approximate surface area is 194 Å². The van der Waals surface area contributed by atoms with Crippen molar-refractivity contribution in [3.63, 3.8) is 0 Å². The summed E-state index contributed by atoms with van der Waals surface area (Å²) >= 11 is 0. The number of aliphatic imine (C=N–C) groups is 1. The molecule has 33 heavy (non-hydrogen) atoms. The molecule has 0 bridgehead atoms. The maximum atomic E-state index is 13.1. The standard InChI is InChI=1S/C30H24N2O/c31-22-28(32-30(25-17-9-3-10-18-25)26-19-11-4-12-20-26)27(23-13-5-1-6-14-23)21-29(33)24-15-7-2-8-16-24/h1-20,27-28H,21H2/t27-,28-/m0/s1. The lowest BCUT2D eigenvalue weighted by atomic mass is 9.86. The van der Waals surface area contributed by atoms with Crippen LogP contribution in [0.2, 0.25) is 0 Å². The molecular formula is C30H24N2O. The summed E-state index contributed by atoms with van der Waals surface area (Å²) in [6.07, 6.45) is 0.201. The highest BCUT2D eigenvalue weighted by atomic mass is 16.1. The number of benzene rings is 4. The number of carbonyl (C=O) groups excluding carboxylic acids is 1. The van der Waals surface area contributed by atoms with Crippen molar-refractivity contribution < 1.29 is 4.79 Å². The molecule has 3 heteroatoms. The minimum absolute atomic E-state index is 0.000810. The second kappa shape index (κ2) is 10.8. The highest BCUT2D eigenvalue weighted by Gasteiger charge is 2.27. The summed E-state index contributed by atoms with van der Waals surface area (Å²) in [5, 5.41) is 10.2. The third kappa shape index (κ3) is 5.50. The fourth-order valence-electron chi connectivity index (χ4n) is 3.91. The highest BCUT2D eigenvalue weighted by Crippen LogP contribution is 2.28. The van der Waals surface area contributed by atoms with Crippen molar-refractivity contribution in [1.29, 1.82) is 5.26 Å². The molecular weight excluding hydrogens is 404 g/mol. The first-order chi connectivity index (χ1) is 16.3. The predicted octanol–water partition coefficient (Wildman–Crippen LogP) is 6.47. The van der Waals surface area contributed by atoms with E-state index < -0.39 is 6.04 Å². The summed E-state index contributed by atoms with van der Waals surface area (Å²) in [6.45, 7) is 0. The van der Waals surface area contributed by atoms with Gasteiger partial charge in [-0.2, -0.15) is 5.26 Å². The summed E-state index contributed by atoms with van der Waals surface area (Å²) in [5.41, 5.74) is 4.19. The number of hydrogen-bond donors (Lipinski definition) is 0. The summed E-state index contributed by atoms with van der Waals surface area (Å²) < 4.78 is 0. The molecule has 4 rings (SSSR count). The number of hydrogen-bond acceptors (Lipinski definition) is 3. The molecule has 0 amide bonds. The Hall–Kier alpha value is -4.29. The molecule has 3 nitrogen and oxygen atoms in total. The normalized spacial score (nSPS) is 12.2. The van der Waals surface area contributed by atoms with E-state index in [4.69, 9.17) is 4.99 Å². The molecule has 0 heterocycles. The molecule has 0 aliphatic carbocycles. The van der Waals surface area contributed by atoms with E-state index >= 15 is 0 Å². The van der Waals surface area contributed by atoms with Gasteiger partial charge in [-0.05, 0) is 5.56 Å². The van der Waals surface area contributed by atoms with E-state index in [1.54, 1.807) is 0 Å². The lowest BCUT2D eigenvalue weighted by Crippen LogP contribution is -2.21. The zero-order chi connectivity index (χ0) is 22.9. The molecule has 0 N–H and O–H groups in total. The van der Waals surface area contributed by atoms with Gasteiger partial charge in [0.15, 0.2) is 5.78 Å². The second-order valence-electron chi connectivity index (χ2n) is 7.79. The van der Waals surface area contributed by atoms with Crippen LogP contribution in [0.25, 0.3) is 0 Å². The third-order valence-corrected chi connectivity index (χ3v) is 5.60. The van der Waals surface area contributed by atoms with Crippen LogP contribution in [0.15, 0.2) is 126 Å². The van der Waals surface area contributed by atoms with Crippen LogP contribution in [0, 0.1) is 11.3 Å². The van der Waals surface area contributed by atoms with Crippen LogP contribution < -0.4 is 0 Å². The van der Waals surface area contributed by atoms with Crippen molar-refractivity contribution in [3.8, 4) is 6.07 Å². The van der Waals surface area contributed by atoms with Gasteiger partial charge in [0.05, 0.1) is 11.8 Å². The molecule has 0 aromatic heterocycles. The van der Waals surface area contributed by atoms with Crippen molar-refractivity contribution in [2.75, 3.05) is 0 Å². The van der Waals surface area contributed by atoms with Crippen LogP contribution in [-0.2, 0) is 0 Å². The van der Waals surface area contributed by atoms with Crippen molar-refractivity contribution in [3.05, 3.63) is 144 Å². The average molecular weight is 429 g/mol. The van der Waals surface area contributed by atoms with Crippen molar-refractivity contribution in [1.82, 2.24) is 0 Å². The van der Waals surface area contributed by atoms with Crippen LogP contribution in [0.1, 0.15) is 39.4 Å². The van der Waals surface area contributed by atoms with Crippen molar-refractivity contribution >= 4 is 11.5 Å². The van der Waals surface area contributed by atoms with Crippen LogP contribution >= 0.6 is 0 Å². The van der Waals surface area contributed by atoms with Gasteiger partial charge in [0.1, 0.15) is 6.04 Å². The molecule has 0 fully saturated rings. The summed E-state index contributed by atoms with van der Waals surface area (Å²) in [6, 6.07) is 40.4. The number of nitriles is 1. The molecule has 0 unspecified atom stereocenters. The molecule has 0 radical (unpaired) electrons. The van der Waals surface area contributed by atoms with Gasteiger partial charge < -0.3 is 0 Å². The Balaban J connectivity index is 1.77. The largest absolute Gasteiger partial charge is 0.294 e. The Bertz CT molecular complexity index is 1200. The molecule has 0 spiro atoms. The molecule has 0 saturated heterocycles. The SMILES string of the molecule is N#C[C@H](N=C(c1ccccc1)c1ccccc1)[C@@H](CC(=O)c1ccccc1)c1ccccc1. The van der Waals surface area contributed by atoms with Gasteiger partial charge in [-0.15, -0.1) is 0 Å². The molecule has 4 aromatic carbocycles. The minimum Gasteiger partial charge on any atom is -0.294 e. The van der Waals surface area contributed by atoms with Crippen LogP contribution in [0.4, 0.5) is 0 Å². The molecule has 160 valence electrons. The van der Waals surface area contributed by atoms with Gasteiger partial charge in [-0.1, -0.05) is 121 Å². The summed E-state index contributed by atoms with van der Waals surface area (Å²) in [5.74, 6) is -0.368. The van der Waals surface area contributed by atoms with Crippen LogP contribution in [0.5, 0.6) is 0 Å². The Kier molecular flexibility index (Phi) is 7.20. The van der Waals surface area contributed by atoms with Gasteiger partial charge in [0.25, 0.3) is 0 Å².